The largest absolute Gasteiger partial charge is 0.497 e. The Hall–Kier alpha value is -4.00. The van der Waals surface area contributed by atoms with Crippen molar-refractivity contribution in [1.82, 2.24) is 0 Å². The summed E-state index contributed by atoms with van der Waals surface area (Å²) in [6.07, 6.45) is 0. The molecule has 5 rings (SSSR count). The van der Waals surface area contributed by atoms with Crippen molar-refractivity contribution in [3.8, 4) is 5.75 Å². The van der Waals surface area contributed by atoms with Gasteiger partial charge in [-0.1, -0.05) is 30.3 Å². The lowest BCUT2D eigenvalue weighted by molar-refractivity contribution is -0.384. The van der Waals surface area contributed by atoms with Gasteiger partial charge in [0.2, 0.25) is 5.91 Å². The summed E-state index contributed by atoms with van der Waals surface area (Å²) >= 11 is 0. The van der Waals surface area contributed by atoms with Gasteiger partial charge < -0.3 is 10.1 Å². The molecule has 31 heavy (non-hydrogen) atoms. The van der Waals surface area contributed by atoms with E-state index in [9.17, 15) is 19.7 Å². The predicted octanol–water partition coefficient (Wildman–Crippen LogP) is 4.09. The van der Waals surface area contributed by atoms with Crippen LogP contribution in [-0.2, 0) is 10.2 Å². The molecular formula is C24H18N2O5. The van der Waals surface area contributed by atoms with Crippen LogP contribution in [-0.4, -0.2) is 23.7 Å². The molecule has 0 aromatic heterocycles. The minimum Gasteiger partial charge on any atom is -0.497 e. The van der Waals surface area contributed by atoms with E-state index in [1.54, 1.807) is 43.5 Å². The SMILES string of the molecule is COc1ccc(C(=O)[C@@H]2[C@@H](c3ccc([N+](=O)[O-])cc3)[C@@]23C(=O)Nc2ccccc23)cc1. The van der Waals surface area contributed by atoms with Crippen molar-refractivity contribution < 1.29 is 19.2 Å². The number of nitro groups is 1. The molecule has 1 N–H and O–H groups in total. The molecule has 7 nitrogen and oxygen atoms in total. The Kier molecular flexibility index (Phi) is 4.15. The molecular weight excluding hydrogens is 396 g/mol. The van der Waals surface area contributed by atoms with E-state index < -0.39 is 22.2 Å². The Morgan fingerprint density at radius 3 is 2.35 bits per heavy atom. The molecule has 1 aliphatic heterocycles. The lowest BCUT2D eigenvalue weighted by atomic mass is 9.90. The molecule has 7 heteroatoms. The lowest BCUT2D eigenvalue weighted by Crippen LogP contribution is -2.25. The number of carbonyl (C=O) groups is 2. The number of rotatable bonds is 5. The van der Waals surface area contributed by atoms with E-state index in [0.717, 1.165) is 11.1 Å². The summed E-state index contributed by atoms with van der Waals surface area (Å²) in [4.78, 5) is 37.4. The van der Waals surface area contributed by atoms with E-state index in [0.29, 0.717) is 17.0 Å². The Balaban J connectivity index is 1.61. The van der Waals surface area contributed by atoms with Crippen LogP contribution in [0.15, 0.2) is 72.8 Å². The molecule has 1 amide bonds. The second kappa shape index (κ2) is 6.77. The van der Waals surface area contributed by atoms with Crippen molar-refractivity contribution in [1.29, 1.82) is 0 Å². The smallest absolute Gasteiger partial charge is 0.269 e. The molecule has 0 radical (unpaired) electrons. The third-order valence-corrected chi connectivity index (χ3v) is 6.32. The van der Waals surface area contributed by atoms with Gasteiger partial charge in [0, 0.05) is 35.2 Å². The van der Waals surface area contributed by atoms with Crippen LogP contribution in [0.4, 0.5) is 11.4 Å². The van der Waals surface area contributed by atoms with Crippen LogP contribution in [0.3, 0.4) is 0 Å². The van der Waals surface area contributed by atoms with Crippen LogP contribution in [0, 0.1) is 16.0 Å². The Bertz CT molecular complexity index is 1220. The lowest BCUT2D eigenvalue weighted by Gasteiger charge is -2.09. The molecule has 1 fully saturated rings. The van der Waals surface area contributed by atoms with Crippen LogP contribution in [0.25, 0.3) is 0 Å². The first-order valence-corrected chi connectivity index (χ1v) is 9.82. The van der Waals surface area contributed by atoms with Gasteiger partial charge in [0.15, 0.2) is 5.78 Å². The number of Topliss-reactive ketones (excluding diaryl/α,β-unsaturated/α-hetero) is 1. The normalized spacial score (nSPS) is 23.2. The van der Waals surface area contributed by atoms with E-state index in [1.807, 2.05) is 24.3 Å². The average Bonchev–Trinajstić information content (AvgIpc) is 3.41. The summed E-state index contributed by atoms with van der Waals surface area (Å²) in [5, 5.41) is 14.0. The molecule has 3 atom stereocenters. The predicted molar refractivity (Wildman–Crippen MR) is 113 cm³/mol. The number of benzene rings is 3. The number of nitrogens with zero attached hydrogens (tertiary/aromatic N) is 1. The first-order chi connectivity index (χ1) is 15.0. The number of nitro benzene ring substituents is 1. The van der Waals surface area contributed by atoms with Gasteiger partial charge in [-0.2, -0.15) is 0 Å². The molecule has 0 unspecified atom stereocenters. The molecule has 1 spiro atoms. The average molecular weight is 414 g/mol. The number of non-ortho nitro benzene ring substituents is 1. The minimum absolute atomic E-state index is 0.0345. The fourth-order valence-electron chi connectivity index (χ4n) is 4.86. The molecule has 1 saturated carbocycles. The summed E-state index contributed by atoms with van der Waals surface area (Å²) in [6.45, 7) is 0. The summed E-state index contributed by atoms with van der Waals surface area (Å²) in [6, 6.07) is 20.3. The monoisotopic (exact) mass is 414 g/mol. The Morgan fingerprint density at radius 2 is 1.71 bits per heavy atom. The highest BCUT2D eigenvalue weighted by Gasteiger charge is 2.75. The van der Waals surface area contributed by atoms with Crippen molar-refractivity contribution >= 4 is 23.1 Å². The summed E-state index contributed by atoms with van der Waals surface area (Å²) in [5.74, 6) is -0.739. The van der Waals surface area contributed by atoms with Crippen LogP contribution >= 0.6 is 0 Å². The van der Waals surface area contributed by atoms with Gasteiger partial charge in [-0.15, -0.1) is 0 Å². The highest BCUT2D eigenvalue weighted by molar-refractivity contribution is 6.17. The van der Waals surface area contributed by atoms with Crippen molar-refractivity contribution in [2.75, 3.05) is 12.4 Å². The van der Waals surface area contributed by atoms with Gasteiger partial charge in [0.05, 0.1) is 17.4 Å². The number of ether oxygens (including phenoxy) is 1. The van der Waals surface area contributed by atoms with Crippen LogP contribution in [0.2, 0.25) is 0 Å². The van der Waals surface area contributed by atoms with Gasteiger partial charge in [-0.3, -0.25) is 19.7 Å². The number of para-hydroxylation sites is 1. The third-order valence-electron chi connectivity index (χ3n) is 6.32. The number of anilines is 1. The maximum absolute atomic E-state index is 13.6. The summed E-state index contributed by atoms with van der Waals surface area (Å²) < 4.78 is 5.17. The summed E-state index contributed by atoms with van der Waals surface area (Å²) in [5.41, 5.74) is 1.65. The van der Waals surface area contributed by atoms with Crippen molar-refractivity contribution in [2.24, 2.45) is 5.92 Å². The van der Waals surface area contributed by atoms with E-state index in [-0.39, 0.29) is 17.4 Å². The van der Waals surface area contributed by atoms with Gasteiger partial charge in [-0.05, 0) is 41.5 Å². The number of carbonyl (C=O) groups excluding carboxylic acids is 2. The molecule has 1 heterocycles. The molecule has 3 aromatic carbocycles. The van der Waals surface area contributed by atoms with Crippen LogP contribution < -0.4 is 10.1 Å². The van der Waals surface area contributed by atoms with Crippen molar-refractivity contribution in [2.45, 2.75) is 11.3 Å². The molecule has 3 aromatic rings. The van der Waals surface area contributed by atoms with E-state index in [4.69, 9.17) is 4.74 Å². The zero-order valence-electron chi connectivity index (χ0n) is 16.6. The maximum Gasteiger partial charge on any atom is 0.269 e. The van der Waals surface area contributed by atoms with E-state index in [2.05, 4.69) is 5.32 Å². The number of hydrogen-bond donors (Lipinski definition) is 1. The Labute approximate surface area is 177 Å². The zero-order valence-corrected chi connectivity index (χ0v) is 16.6. The molecule has 0 bridgehead atoms. The fraction of sp³-hybridized carbons (Fsp3) is 0.167. The number of methoxy groups -OCH3 is 1. The number of nitrogens with one attached hydrogen (secondary N) is 1. The zero-order chi connectivity index (χ0) is 21.8. The molecule has 154 valence electrons. The van der Waals surface area contributed by atoms with Gasteiger partial charge in [0.1, 0.15) is 5.75 Å². The first kappa shape index (κ1) is 19.0. The topological polar surface area (TPSA) is 98.5 Å². The standard InChI is InChI=1S/C24H18N2O5/c1-31-17-12-8-15(9-13-17)22(27)21-20(14-6-10-16(11-7-14)26(29)30)24(21)18-4-2-3-5-19(18)25-23(24)28/h2-13,20-21H,1H3,(H,25,28)/t20-,21+,24-/m1/s1. The van der Waals surface area contributed by atoms with Crippen LogP contribution in [0.1, 0.15) is 27.4 Å². The highest BCUT2D eigenvalue weighted by atomic mass is 16.6. The molecule has 2 aliphatic rings. The van der Waals surface area contributed by atoms with Gasteiger partial charge in [-0.25, -0.2) is 0 Å². The highest BCUT2D eigenvalue weighted by Crippen LogP contribution is 2.70. The van der Waals surface area contributed by atoms with E-state index in [1.165, 1.54) is 12.1 Å². The Morgan fingerprint density at radius 1 is 1.03 bits per heavy atom. The van der Waals surface area contributed by atoms with Gasteiger partial charge >= 0.3 is 0 Å². The molecule has 1 aliphatic carbocycles. The molecule has 0 saturated heterocycles. The van der Waals surface area contributed by atoms with Gasteiger partial charge in [0.25, 0.3) is 5.69 Å². The second-order valence-corrected chi connectivity index (χ2v) is 7.77. The van der Waals surface area contributed by atoms with E-state index >= 15 is 0 Å². The number of fused-ring (bicyclic) bond motifs is 2. The van der Waals surface area contributed by atoms with Crippen molar-refractivity contribution in [3.05, 3.63) is 99.6 Å². The number of amides is 1. The summed E-state index contributed by atoms with van der Waals surface area (Å²) in [7, 11) is 1.55. The van der Waals surface area contributed by atoms with Crippen molar-refractivity contribution in [3.63, 3.8) is 0 Å². The third kappa shape index (κ3) is 2.66. The quantitative estimate of drug-likeness (QED) is 0.385. The minimum atomic E-state index is -1.02. The number of ketones is 1. The first-order valence-electron chi connectivity index (χ1n) is 9.82. The maximum atomic E-state index is 13.6. The second-order valence-electron chi connectivity index (χ2n) is 7.77. The fourth-order valence-corrected chi connectivity index (χ4v) is 4.86. The number of hydrogen-bond acceptors (Lipinski definition) is 5. The van der Waals surface area contributed by atoms with Crippen LogP contribution in [0.5, 0.6) is 5.75 Å².